The number of allylic oxidation sites excluding steroid dienone is 2. The van der Waals surface area contributed by atoms with Gasteiger partial charge in [0, 0.05) is 5.92 Å². The molecule has 1 aliphatic rings. The summed E-state index contributed by atoms with van der Waals surface area (Å²) in [5.74, 6) is -1.15. The molecule has 2 amide bonds. The molecule has 0 bridgehead atoms. The van der Waals surface area contributed by atoms with Crippen LogP contribution in [0.4, 0.5) is 0 Å². The van der Waals surface area contributed by atoms with Gasteiger partial charge in [0.25, 0.3) is 5.91 Å². The summed E-state index contributed by atoms with van der Waals surface area (Å²) in [6, 6.07) is 8.73. The van der Waals surface area contributed by atoms with Gasteiger partial charge < -0.3 is 10.4 Å². The predicted molar refractivity (Wildman–Crippen MR) is 98.3 cm³/mol. The summed E-state index contributed by atoms with van der Waals surface area (Å²) in [7, 11) is 0. The maximum Gasteiger partial charge on any atom is 0.268 e. The Morgan fingerprint density at radius 3 is 2.31 bits per heavy atom. The van der Waals surface area contributed by atoms with Crippen LogP contribution in [0.15, 0.2) is 54.6 Å². The zero-order chi connectivity index (χ0) is 19.2. The fraction of sp³-hybridized carbons (Fsp3) is 0.400. The third-order valence-electron chi connectivity index (χ3n) is 4.63. The third-order valence-corrected chi connectivity index (χ3v) is 4.63. The number of hydrogen-bond acceptors (Lipinski definition) is 4. The summed E-state index contributed by atoms with van der Waals surface area (Å²) in [5.41, 5.74) is 1.72. The first-order valence-electron chi connectivity index (χ1n) is 8.80. The van der Waals surface area contributed by atoms with Gasteiger partial charge in [-0.25, -0.2) is 5.48 Å². The van der Waals surface area contributed by atoms with Gasteiger partial charge in [0.2, 0.25) is 5.91 Å². The first-order valence-corrected chi connectivity index (χ1v) is 8.80. The number of amides is 2. The van der Waals surface area contributed by atoms with E-state index in [1.807, 2.05) is 61.6 Å². The summed E-state index contributed by atoms with van der Waals surface area (Å²) in [6.07, 6.45) is 7.88. The summed E-state index contributed by atoms with van der Waals surface area (Å²) in [4.78, 5) is 24.6. The van der Waals surface area contributed by atoms with E-state index in [1.54, 1.807) is 0 Å². The SMILES string of the molecule is CCCC1(C(=O)N[C@@H](C(=O)NO)[C@H](C)O)C=CC(c2ccccc2)C=C1. The monoisotopic (exact) mass is 358 g/mol. The molecule has 2 atom stereocenters. The molecule has 0 heterocycles. The van der Waals surface area contributed by atoms with Crippen molar-refractivity contribution in [3.05, 3.63) is 60.2 Å². The molecule has 0 aromatic heterocycles. The number of hydrogen-bond donors (Lipinski definition) is 4. The molecule has 4 N–H and O–H groups in total. The van der Waals surface area contributed by atoms with Crippen LogP contribution in [-0.2, 0) is 9.59 Å². The Morgan fingerprint density at radius 2 is 1.81 bits per heavy atom. The number of rotatable bonds is 7. The lowest BCUT2D eigenvalue weighted by atomic mass is 9.76. The van der Waals surface area contributed by atoms with E-state index in [0.29, 0.717) is 6.42 Å². The van der Waals surface area contributed by atoms with Crippen LogP contribution in [0, 0.1) is 5.41 Å². The van der Waals surface area contributed by atoms with Gasteiger partial charge >= 0.3 is 0 Å². The van der Waals surface area contributed by atoms with Crippen molar-refractivity contribution in [3.63, 3.8) is 0 Å². The van der Waals surface area contributed by atoms with Gasteiger partial charge in [0.1, 0.15) is 6.04 Å². The first-order chi connectivity index (χ1) is 12.4. The molecule has 0 saturated heterocycles. The lowest BCUT2D eigenvalue weighted by Crippen LogP contribution is -2.55. The van der Waals surface area contributed by atoms with Crippen LogP contribution in [0.2, 0.25) is 0 Å². The largest absolute Gasteiger partial charge is 0.391 e. The second-order valence-corrected chi connectivity index (χ2v) is 6.61. The second-order valence-electron chi connectivity index (χ2n) is 6.61. The molecule has 1 aliphatic carbocycles. The minimum absolute atomic E-state index is 0.0854. The van der Waals surface area contributed by atoms with E-state index in [9.17, 15) is 14.7 Å². The van der Waals surface area contributed by atoms with E-state index in [0.717, 1.165) is 12.0 Å². The molecular formula is C20H26N2O4. The molecule has 2 rings (SSSR count). The fourth-order valence-corrected chi connectivity index (χ4v) is 3.16. The van der Waals surface area contributed by atoms with Crippen molar-refractivity contribution in [1.29, 1.82) is 0 Å². The Kier molecular flexibility index (Phi) is 6.71. The number of aliphatic hydroxyl groups is 1. The molecule has 0 unspecified atom stereocenters. The van der Waals surface area contributed by atoms with Crippen molar-refractivity contribution in [3.8, 4) is 0 Å². The van der Waals surface area contributed by atoms with Crippen LogP contribution in [-0.4, -0.2) is 34.3 Å². The van der Waals surface area contributed by atoms with E-state index >= 15 is 0 Å². The molecule has 1 aromatic rings. The molecule has 26 heavy (non-hydrogen) atoms. The van der Waals surface area contributed by atoms with Crippen LogP contribution in [0.1, 0.15) is 38.2 Å². The fourth-order valence-electron chi connectivity index (χ4n) is 3.16. The van der Waals surface area contributed by atoms with E-state index in [2.05, 4.69) is 5.32 Å². The highest BCUT2D eigenvalue weighted by Crippen LogP contribution is 2.36. The van der Waals surface area contributed by atoms with E-state index < -0.39 is 23.5 Å². The van der Waals surface area contributed by atoms with E-state index in [4.69, 9.17) is 5.21 Å². The highest BCUT2D eigenvalue weighted by atomic mass is 16.5. The highest BCUT2D eigenvalue weighted by Gasteiger charge is 2.37. The van der Waals surface area contributed by atoms with Gasteiger partial charge in [0.05, 0.1) is 11.5 Å². The molecule has 1 aromatic carbocycles. The summed E-state index contributed by atoms with van der Waals surface area (Å²) >= 11 is 0. The average Bonchev–Trinajstić information content (AvgIpc) is 2.66. The Labute approximate surface area is 153 Å². The number of carbonyl (C=O) groups excluding carboxylic acids is 2. The van der Waals surface area contributed by atoms with Gasteiger partial charge in [-0.3, -0.25) is 14.8 Å². The Bertz CT molecular complexity index is 668. The summed E-state index contributed by atoms with van der Waals surface area (Å²) < 4.78 is 0. The molecule has 0 saturated carbocycles. The maximum absolute atomic E-state index is 12.9. The van der Waals surface area contributed by atoms with Crippen molar-refractivity contribution in [2.75, 3.05) is 0 Å². The van der Waals surface area contributed by atoms with Gasteiger partial charge in [-0.15, -0.1) is 0 Å². The highest BCUT2D eigenvalue weighted by molar-refractivity contribution is 5.92. The van der Waals surface area contributed by atoms with Crippen molar-refractivity contribution in [2.24, 2.45) is 5.41 Å². The van der Waals surface area contributed by atoms with Crippen molar-refractivity contribution in [2.45, 2.75) is 44.8 Å². The molecule has 0 radical (unpaired) electrons. The molecule has 0 aliphatic heterocycles. The topological polar surface area (TPSA) is 98.7 Å². The average molecular weight is 358 g/mol. The third kappa shape index (κ3) is 4.39. The van der Waals surface area contributed by atoms with Crippen molar-refractivity contribution < 1.29 is 19.9 Å². The number of carbonyl (C=O) groups is 2. The number of hydroxylamine groups is 1. The van der Waals surface area contributed by atoms with E-state index in [1.165, 1.54) is 12.4 Å². The zero-order valence-corrected chi connectivity index (χ0v) is 15.1. The minimum atomic E-state index is -1.23. The second kappa shape index (κ2) is 8.78. The maximum atomic E-state index is 12.9. The molecule has 0 spiro atoms. The molecule has 140 valence electrons. The standard InChI is InChI=1S/C20H26N2O4/c1-3-11-20(19(25)21-17(14(2)23)18(24)22-26)12-9-16(10-13-20)15-7-5-4-6-8-15/h4-10,12-14,16-17,23,26H,3,11H2,1-2H3,(H,21,25)(H,22,24)/t14-,16?,17+,20?/m0/s1. The Hall–Kier alpha value is -2.44. The van der Waals surface area contributed by atoms with Gasteiger partial charge in [-0.1, -0.05) is 68.0 Å². The zero-order valence-electron chi connectivity index (χ0n) is 15.1. The first kappa shape index (κ1) is 19.9. The van der Waals surface area contributed by atoms with Crippen LogP contribution < -0.4 is 10.8 Å². The molecular weight excluding hydrogens is 332 g/mol. The van der Waals surface area contributed by atoms with E-state index in [-0.39, 0.29) is 11.8 Å². The lowest BCUT2D eigenvalue weighted by molar-refractivity contribution is -0.139. The van der Waals surface area contributed by atoms with Crippen molar-refractivity contribution in [1.82, 2.24) is 10.8 Å². The van der Waals surface area contributed by atoms with Gasteiger partial charge in [-0.2, -0.15) is 0 Å². The lowest BCUT2D eigenvalue weighted by Gasteiger charge is -2.32. The predicted octanol–water partition coefficient (Wildman–Crippen LogP) is 2.05. The van der Waals surface area contributed by atoms with Crippen LogP contribution in [0.3, 0.4) is 0 Å². The van der Waals surface area contributed by atoms with Crippen LogP contribution in [0.5, 0.6) is 0 Å². The Morgan fingerprint density at radius 1 is 1.19 bits per heavy atom. The van der Waals surface area contributed by atoms with Crippen LogP contribution >= 0.6 is 0 Å². The smallest absolute Gasteiger partial charge is 0.268 e. The molecule has 0 fully saturated rings. The number of benzene rings is 1. The number of aliphatic hydroxyl groups excluding tert-OH is 1. The van der Waals surface area contributed by atoms with Crippen molar-refractivity contribution >= 4 is 11.8 Å². The molecule has 6 heteroatoms. The van der Waals surface area contributed by atoms with Gasteiger partial charge in [-0.05, 0) is 18.9 Å². The quantitative estimate of drug-likeness (QED) is 0.341. The molecule has 6 nitrogen and oxygen atoms in total. The van der Waals surface area contributed by atoms with Crippen LogP contribution in [0.25, 0.3) is 0 Å². The Balaban J connectivity index is 2.21. The summed E-state index contributed by atoms with van der Waals surface area (Å²) in [5, 5.41) is 21.1. The summed E-state index contributed by atoms with van der Waals surface area (Å²) in [6.45, 7) is 3.36. The number of nitrogens with one attached hydrogen (secondary N) is 2. The minimum Gasteiger partial charge on any atom is -0.391 e. The normalized spacial score (nSPS) is 23.9. The van der Waals surface area contributed by atoms with Gasteiger partial charge in [0.15, 0.2) is 0 Å².